The summed E-state index contributed by atoms with van der Waals surface area (Å²) in [6.07, 6.45) is 0. The fourth-order valence-corrected chi connectivity index (χ4v) is 3.04. The molecular weight excluding hydrogens is 332 g/mol. The Bertz CT molecular complexity index is 863. The quantitative estimate of drug-likeness (QED) is 0.821. The molecule has 0 aromatic heterocycles. The first-order chi connectivity index (χ1) is 12.5. The van der Waals surface area contributed by atoms with E-state index in [1.54, 1.807) is 19.2 Å². The number of ether oxygens (including phenoxy) is 1. The lowest BCUT2D eigenvalue weighted by Gasteiger charge is -2.27. The molecule has 1 aliphatic rings. The summed E-state index contributed by atoms with van der Waals surface area (Å²) in [7, 11) is 1.60. The van der Waals surface area contributed by atoms with Gasteiger partial charge in [-0.25, -0.2) is 4.79 Å². The van der Waals surface area contributed by atoms with Crippen molar-refractivity contribution in [3.8, 4) is 11.1 Å². The Labute approximate surface area is 151 Å². The number of carbonyl (C=O) groups is 1. The van der Waals surface area contributed by atoms with Gasteiger partial charge in [-0.1, -0.05) is 36.8 Å². The first-order valence-electron chi connectivity index (χ1n) is 8.25. The highest BCUT2D eigenvalue weighted by Crippen LogP contribution is 2.41. The zero-order valence-electron chi connectivity index (χ0n) is 14.9. The molecule has 0 unspecified atom stereocenters. The summed E-state index contributed by atoms with van der Waals surface area (Å²) in [5, 5.41) is 25.4. The Morgan fingerprint density at radius 1 is 1.12 bits per heavy atom. The fourth-order valence-electron chi connectivity index (χ4n) is 3.04. The Morgan fingerprint density at radius 2 is 1.77 bits per heavy atom. The van der Waals surface area contributed by atoms with Crippen molar-refractivity contribution in [3.05, 3.63) is 59.2 Å². The second kappa shape index (κ2) is 7.13. The van der Waals surface area contributed by atoms with Gasteiger partial charge in [0.25, 0.3) is 0 Å². The van der Waals surface area contributed by atoms with E-state index in [1.807, 2.05) is 44.2 Å². The number of aryl methyl sites for hydroxylation is 1. The van der Waals surface area contributed by atoms with Crippen LogP contribution in [0.5, 0.6) is 0 Å². The molecule has 7 heteroatoms. The first kappa shape index (κ1) is 17.9. The molecule has 1 heterocycles. The number of hydrogen-bond donors (Lipinski definition) is 1. The van der Waals surface area contributed by atoms with Crippen LogP contribution in [0.4, 0.5) is 0 Å². The van der Waals surface area contributed by atoms with E-state index in [2.05, 4.69) is 20.7 Å². The highest BCUT2D eigenvalue weighted by molar-refractivity contribution is 5.90. The molecule has 7 nitrogen and oxygen atoms in total. The Kier molecular flexibility index (Phi) is 4.90. The van der Waals surface area contributed by atoms with Gasteiger partial charge < -0.3 is 9.84 Å². The SMILES string of the molecule is COC[C@H](C)C1(c2cc(C(=O)O)cc(-c3ccc(C)cc3)c2)N=NN=N1. The van der Waals surface area contributed by atoms with Crippen molar-refractivity contribution in [1.82, 2.24) is 0 Å². The predicted molar refractivity (Wildman–Crippen MR) is 96.0 cm³/mol. The zero-order valence-corrected chi connectivity index (χ0v) is 14.9. The van der Waals surface area contributed by atoms with Crippen LogP contribution in [0.25, 0.3) is 11.1 Å². The maximum absolute atomic E-state index is 11.7. The molecule has 0 radical (unpaired) electrons. The van der Waals surface area contributed by atoms with Crippen LogP contribution >= 0.6 is 0 Å². The van der Waals surface area contributed by atoms with Crippen molar-refractivity contribution in [2.24, 2.45) is 26.6 Å². The zero-order chi connectivity index (χ0) is 18.7. The van der Waals surface area contributed by atoms with Gasteiger partial charge >= 0.3 is 5.97 Å². The second-order valence-electron chi connectivity index (χ2n) is 6.43. The van der Waals surface area contributed by atoms with E-state index in [4.69, 9.17) is 4.74 Å². The molecule has 1 N–H and O–H groups in total. The lowest BCUT2D eigenvalue weighted by atomic mass is 9.86. The topological polar surface area (TPSA) is 96.0 Å². The normalized spacial score (nSPS) is 16.0. The maximum atomic E-state index is 11.7. The molecule has 0 bridgehead atoms. The van der Waals surface area contributed by atoms with Gasteiger partial charge in [-0.15, -0.1) is 10.2 Å². The van der Waals surface area contributed by atoms with Crippen LogP contribution in [0.1, 0.15) is 28.4 Å². The summed E-state index contributed by atoms with van der Waals surface area (Å²) in [6.45, 7) is 4.31. The first-order valence-corrected chi connectivity index (χ1v) is 8.25. The average Bonchev–Trinajstić information content (AvgIpc) is 3.13. The lowest BCUT2D eigenvalue weighted by Crippen LogP contribution is -2.31. The van der Waals surface area contributed by atoms with Crippen LogP contribution in [0.2, 0.25) is 0 Å². The van der Waals surface area contributed by atoms with Crippen molar-refractivity contribution >= 4 is 5.97 Å². The Balaban J connectivity index is 2.17. The number of benzene rings is 2. The van der Waals surface area contributed by atoms with Crippen LogP contribution in [0.3, 0.4) is 0 Å². The molecule has 3 rings (SSSR count). The van der Waals surface area contributed by atoms with Gasteiger partial charge in [0, 0.05) is 18.6 Å². The second-order valence-corrected chi connectivity index (χ2v) is 6.43. The molecule has 0 saturated heterocycles. The van der Waals surface area contributed by atoms with Gasteiger partial charge in [0.15, 0.2) is 0 Å². The third-order valence-corrected chi connectivity index (χ3v) is 4.53. The molecule has 0 aliphatic carbocycles. The number of rotatable bonds is 6. The van der Waals surface area contributed by atoms with Crippen LogP contribution in [-0.2, 0) is 10.4 Å². The van der Waals surface area contributed by atoms with Crippen molar-refractivity contribution in [1.29, 1.82) is 0 Å². The molecule has 0 spiro atoms. The number of nitrogens with zero attached hydrogens (tertiary/aromatic N) is 4. The molecule has 1 atom stereocenters. The summed E-state index contributed by atoms with van der Waals surface area (Å²) in [5.41, 5.74) is 2.54. The minimum absolute atomic E-state index is 0.166. The predicted octanol–water partition coefficient (Wildman–Crippen LogP) is 4.63. The van der Waals surface area contributed by atoms with E-state index >= 15 is 0 Å². The molecule has 0 saturated carbocycles. The van der Waals surface area contributed by atoms with Gasteiger partial charge in [-0.2, -0.15) is 0 Å². The monoisotopic (exact) mass is 352 g/mol. The number of aromatic carboxylic acids is 1. The molecule has 2 aromatic rings. The van der Waals surface area contributed by atoms with Gasteiger partial charge in [0.1, 0.15) is 0 Å². The van der Waals surface area contributed by atoms with E-state index in [1.165, 1.54) is 0 Å². The summed E-state index contributed by atoms with van der Waals surface area (Å²) >= 11 is 0. The molecule has 0 fully saturated rings. The lowest BCUT2D eigenvalue weighted by molar-refractivity contribution is 0.0696. The highest BCUT2D eigenvalue weighted by Gasteiger charge is 2.42. The Morgan fingerprint density at radius 3 is 2.35 bits per heavy atom. The minimum atomic E-state index is -1.08. The van der Waals surface area contributed by atoms with Crippen molar-refractivity contribution in [3.63, 3.8) is 0 Å². The summed E-state index contributed by atoms with van der Waals surface area (Å²) in [4.78, 5) is 11.7. The third kappa shape index (κ3) is 3.25. The van der Waals surface area contributed by atoms with Crippen molar-refractivity contribution in [2.75, 3.05) is 13.7 Å². The molecule has 134 valence electrons. The van der Waals surface area contributed by atoms with E-state index in [0.717, 1.165) is 16.7 Å². The van der Waals surface area contributed by atoms with Gasteiger partial charge in [0.2, 0.25) is 5.66 Å². The molecule has 2 aromatic carbocycles. The van der Waals surface area contributed by atoms with Crippen LogP contribution in [-0.4, -0.2) is 24.8 Å². The van der Waals surface area contributed by atoms with Crippen LogP contribution < -0.4 is 0 Å². The fraction of sp³-hybridized carbons (Fsp3) is 0.316. The van der Waals surface area contributed by atoms with E-state index in [0.29, 0.717) is 12.2 Å². The third-order valence-electron chi connectivity index (χ3n) is 4.53. The van der Waals surface area contributed by atoms with Gasteiger partial charge in [-0.3, -0.25) is 0 Å². The van der Waals surface area contributed by atoms with Crippen molar-refractivity contribution in [2.45, 2.75) is 19.5 Å². The number of hydrogen-bond acceptors (Lipinski definition) is 6. The smallest absolute Gasteiger partial charge is 0.335 e. The molecule has 1 aliphatic heterocycles. The maximum Gasteiger partial charge on any atom is 0.335 e. The summed E-state index contributed by atoms with van der Waals surface area (Å²) in [6, 6.07) is 13.0. The summed E-state index contributed by atoms with van der Waals surface area (Å²) < 4.78 is 5.25. The van der Waals surface area contributed by atoms with Gasteiger partial charge in [0.05, 0.1) is 12.2 Å². The summed E-state index contributed by atoms with van der Waals surface area (Å²) in [5.74, 6) is -1.18. The Hall–Kier alpha value is -2.93. The van der Waals surface area contributed by atoms with E-state index in [-0.39, 0.29) is 11.5 Å². The highest BCUT2D eigenvalue weighted by atomic mass is 16.5. The standard InChI is InChI=1S/C19H20N4O3/c1-12-4-6-14(7-5-12)15-8-16(18(24)25)10-17(9-15)19(13(2)11-26-3)20-22-23-21-19/h4-10,13H,11H2,1-3H3,(H,24,25)/t13-/m0/s1. The molecule has 0 amide bonds. The average molecular weight is 352 g/mol. The minimum Gasteiger partial charge on any atom is -0.478 e. The number of methoxy groups -OCH3 is 1. The molecule has 26 heavy (non-hydrogen) atoms. The largest absolute Gasteiger partial charge is 0.478 e. The van der Waals surface area contributed by atoms with E-state index < -0.39 is 11.6 Å². The van der Waals surface area contributed by atoms with Crippen LogP contribution in [0, 0.1) is 12.8 Å². The van der Waals surface area contributed by atoms with Crippen LogP contribution in [0.15, 0.2) is 63.1 Å². The number of carboxylic acid groups (broad SMARTS) is 1. The van der Waals surface area contributed by atoms with Gasteiger partial charge in [-0.05, 0) is 46.7 Å². The molecular formula is C19H20N4O3. The number of carboxylic acids is 1. The van der Waals surface area contributed by atoms with E-state index in [9.17, 15) is 9.90 Å². The van der Waals surface area contributed by atoms with Crippen molar-refractivity contribution < 1.29 is 14.6 Å².